The van der Waals surface area contributed by atoms with Gasteiger partial charge in [-0.05, 0) is 32.2 Å². The maximum atomic E-state index is 12.9. The van der Waals surface area contributed by atoms with Crippen LogP contribution in [0, 0.1) is 5.41 Å². The van der Waals surface area contributed by atoms with Crippen LogP contribution in [-0.2, 0) is 14.3 Å². The minimum Gasteiger partial charge on any atom is -0.378 e. The van der Waals surface area contributed by atoms with Gasteiger partial charge in [0.2, 0.25) is 11.8 Å². The number of carbonyl (C=O) groups excluding carboxylic acids is 2. The van der Waals surface area contributed by atoms with Gasteiger partial charge in [0, 0.05) is 32.1 Å². The van der Waals surface area contributed by atoms with E-state index in [1.807, 2.05) is 4.90 Å². The van der Waals surface area contributed by atoms with Crippen molar-refractivity contribution in [3.05, 3.63) is 0 Å². The summed E-state index contributed by atoms with van der Waals surface area (Å²) < 4.78 is 5.31. The van der Waals surface area contributed by atoms with Gasteiger partial charge in [0.1, 0.15) is 0 Å². The molecule has 3 aliphatic rings. The average Bonchev–Trinajstić information content (AvgIpc) is 3.06. The maximum absolute atomic E-state index is 12.9. The molecule has 3 fully saturated rings. The monoisotopic (exact) mass is 359 g/mol. The Morgan fingerprint density at radius 2 is 1.88 bits per heavy atom. The molecule has 2 aliphatic heterocycles. The lowest BCUT2D eigenvalue weighted by atomic mass is 9.80. The normalized spacial score (nSPS) is 26.5. The molecule has 2 N–H and O–H groups in total. The predicted molar refractivity (Wildman–Crippen MR) is 94.2 cm³/mol. The fourth-order valence-corrected chi connectivity index (χ4v) is 4.06. The molecule has 0 unspecified atom stereocenters. The van der Waals surface area contributed by atoms with Crippen LogP contribution in [0.4, 0.5) is 0 Å². The van der Waals surface area contributed by atoms with Crippen molar-refractivity contribution in [2.45, 2.75) is 51.0 Å². The van der Waals surface area contributed by atoms with E-state index in [1.165, 1.54) is 0 Å². The minimum atomic E-state index is -0.479. The molecule has 0 spiro atoms. The quantitative estimate of drug-likeness (QED) is 0.788. The first kappa shape index (κ1) is 19.5. The highest BCUT2D eigenvalue weighted by atomic mass is 35.5. The van der Waals surface area contributed by atoms with Crippen LogP contribution in [0.1, 0.15) is 44.9 Å². The smallest absolute Gasteiger partial charge is 0.226 e. The number of rotatable bonds is 4. The summed E-state index contributed by atoms with van der Waals surface area (Å²) in [5.74, 6) is 0.220. The fraction of sp³-hybridized carbons (Fsp3) is 0.882. The molecule has 2 amide bonds. The van der Waals surface area contributed by atoms with E-state index in [-0.39, 0.29) is 30.3 Å². The predicted octanol–water partition coefficient (Wildman–Crippen LogP) is 1.09. The van der Waals surface area contributed by atoms with Gasteiger partial charge in [-0.3, -0.25) is 9.59 Å². The fourth-order valence-electron chi connectivity index (χ4n) is 4.06. The third-order valence-electron chi connectivity index (χ3n) is 5.53. The number of carbonyl (C=O) groups is 2. The first-order chi connectivity index (χ1) is 11.2. The van der Waals surface area contributed by atoms with Gasteiger partial charge in [0.05, 0.1) is 18.6 Å². The summed E-state index contributed by atoms with van der Waals surface area (Å²) in [7, 11) is 0. The molecular weight excluding hydrogens is 330 g/mol. The van der Waals surface area contributed by atoms with Gasteiger partial charge in [-0.25, -0.2) is 0 Å². The minimum absolute atomic E-state index is 0. The number of amides is 2. The van der Waals surface area contributed by atoms with Crippen molar-refractivity contribution in [1.29, 1.82) is 0 Å². The molecule has 0 aromatic carbocycles. The van der Waals surface area contributed by atoms with Crippen LogP contribution in [0.3, 0.4) is 0 Å². The summed E-state index contributed by atoms with van der Waals surface area (Å²) in [5, 5.41) is 6.55. The zero-order chi connectivity index (χ0) is 16.1. The van der Waals surface area contributed by atoms with Crippen molar-refractivity contribution in [1.82, 2.24) is 15.5 Å². The van der Waals surface area contributed by atoms with E-state index >= 15 is 0 Å². The lowest BCUT2D eigenvalue weighted by Crippen LogP contribution is -2.52. The van der Waals surface area contributed by atoms with Crippen molar-refractivity contribution in [3.8, 4) is 0 Å². The molecule has 0 aromatic rings. The Bertz CT molecular complexity index is 429. The van der Waals surface area contributed by atoms with Gasteiger partial charge in [-0.15, -0.1) is 12.4 Å². The van der Waals surface area contributed by atoms with Gasteiger partial charge < -0.3 is 20.3 Å². The number of halogens is 1. The van der Waals surface area contributed by atoms with Crippen molar-refractivity contribution in [2.24, 2.45) is 5.41 Å². The summed E-state index contributed by atoms with van der Waals surface area (Å²) in [5.41, 5.74) is -0.479. The Morgan fingerprint density at radius 3 is 2.50 bits per heavy atom. The zero-order valence-electron chi connectivity index (χ0n) is 14.3. The molecule has 2 saturated heterocycles. The molecule has 6 nitrogen and oxygen atoms in total. The van der Waals surface area contributed by atoms with E-state index < -0.39 is 5.41 Å². The highest BCUT2D eigenvalue weighted by molar-refractivity contribution is 5.89. The summed E-state index contributed by atoms with van der Waals surface area (Å²) in [6.45, 7) is 4.41. The largest absolute Gasteiger partial charge is 0.378 e. The third kappa shape index (κ3) is 4.61. The molecule has 24 heavy (non-hydrogen) atoms. The van der Waals surface area contributed by atoms with Crippen LogP contribution in [0.15, 0.2) is 0 Å². The molecule has 7 heteroatoms. The lowest BCUT2D eigenvalue weighted by molar-refractivity contribution is -0.144. The Hall–Kier alpha value is -0.850. The van der Waals surface area contributed by atoms with E-state index in [9.17, 15) is 9.59 Å². The standard InChI is InChI=1S/C17H29N3O3.ClH/c21-15(20-8-10-23-11-9-20)12-17(5-1-2-6-17)16(22)19-14-4-3-7-18-13-14;/h14,18H,1-13H2,(H,19,22);1H/t14-;/m0./s1. The van der Waals surface area contributed by atoms with Crippen LogP contribution >= 0.6 is 12.4 Å². The van der Waals surface area contributed by atoms with Crippen molar-refractivity contribution < 1.29 is 14.3 Å². The second-order valence-electron chi connectivity index (χ2n) is 7.17. The molecule has 138 valence electrons. The van der Waals surface area contributed by atoms with Crippen LogP contribution in [-0.4, -0.2) is 62.1 Å². The number of ether oxygens (including phenoxy) is 1. The molecule has 0 bridgehead atoms. The van der Waals surface area contributed by atoms with Crippen LogP contribution in [0.2, 0.25) is 0 Å². The first-order valence-corrected chi connectivity index (χ1v) is 9.07. The number of morpholine rings is 1. The van der Waals surface area contributed by atoms with E-state index in [4.69, 9.17) is 4.74 Å². The molecule has 1 saturated carbocycles. The van der Waals surface area contributed by atoms with Crippen LogP contribution in [0.5, 0.6) is 0 Å². The van der Waals surface area contributed by atoms with E-state index in [2.05, 4.69) is 10.6 Å². The highest BCUT2D eigenvalue weighted by Crippen LogP contribution is 2.42. The first-order valence-electron chi connectivity index (χ1n) is 9.07. The molecule has 1 aliphatic carbocycles. The summed E-state index contributed by atoms with van der Waals surface area (Å²) in [4.78, 5) is 27.4. The number of hydrogen-bond acceptors (Lipinski definition) is 4. The van der Waals surface area contributed by atoms with E-state index in [0.717, 1.165) is 51.6 Å². The third-order valence-corrected chi connectivity index (χ3v) is 5.53. The number of hydrogen-bond donors (Lipinski definition) is 2. The van der Waals surface area contributed by atoms with Crippen molar-refractivity contribution in [2.75, 3.05) is 39.4 Å². The number of nitrogens with one attached hydrogen (secondary N) is 2. The van der Waals surface area contributed by atoms with Gasteiger partial charge in [-0.1, -0.05) is 12.8 Å². The van der Waals surface area contributed by atoms with E-state index in [1.54, 1.807) is 0 Å². The van der Waals surface area contributed by atoms with Crippen molar-refractivity contribution in [3.63, 3.8) is 0 Å². The van der Waals surface area contributed by atoms with Crippen LogP contribution in [0.25, 0.3) is 0 Å². The van der Waals surface area contributed by atoms with Gasteiger partial charge >= 0.3 is 0 Å². The molecular formula is C17H30ClN3O3. The van der Waals surface area contributed by atoms with Gasteiger partial charge in [-0.2, -0.15) is 0 Å². The second kappa shape index (κ2) is 9.02. The molecule has 0 aromatic heterocycles. The van der Waals surface area contributed by atoms with Crippen LogP contribution < -0.4 is 10.6 Å². The summed E-state index contributed by atoms with van der Waals surface area (Å²) in [6.07, 6.45) is 6.28. The van der Waals surface area contributed by atoms with E-state index in [0.29, 0.717) is 32.7 Å². The highest BCUT2D eigenvalue weighted by Gasteiger charge is 2.44. The van der Waals surface area contributed by atoms with Crippen molar-refractivity contribution >= 4 is 24.2 Å². The Balaban J connectivity index is 0.00000208. The van der Waals surface area contributed by atoms with Gasteiger partial charge in [0.25, 0.3) is 0 Å². The Morgan fingerprint density at radius 1 is 1.17 bits per heavy atom. The molecule has 0 radical (unpaired) electrons. The summed E-state index contributed by atoms with van der Waals surface area (Å²) in [6, 6.07) is 0.215. The second-order valence-corrected chi connectivity index (χ2v) is 7.17. The topological polar surface area (TPSA) is 70.7 Å². The molecule has 3 rings (SSSR count). The lowest BCUT2D eigenvalue weighted by Gasteiger charge is -2.34. The Kier molecular flexibility index (Phi) is 7.32. The summed E-state index contributed by atoms with van der Waals surface area (Å²) >= 11 is 0. The number of piperidine rings is 1. The SMILES string of the molecule is Cl.O=C(CC1(C(=O)N[C@H]2CCCNC2)CCCC1)N1CCOCC1. The molecule has 1 atom stereocenters. The number of nitrogens with zero attached hydrogens (tertiary/aromatic N) is 1. The van der Waals surface area contributed by atoms with Gasteiger partial charge in [0.15, 0.2) is 0 Å². The average molecular weight is 360 g/mol. The molecule has 2 heterocycles. The zero-order valence-corrected chi connectivity index (χ0v) is 15.2. The maximum Gasteiger partial charge on any atom is 0.226 e. The Labute approximate surface area is 150 Å².